The summed E-state index contributed by atoms with van der Waals surface area (Å²) in [6.45, 7) is 5.84. The number of rotatable bonds is 4. The summed E-state index contributed by atoms with van der Waals surface area (Å²) < 4.78 is 28.4. The summed E-state index contributed by atoms with van der Waals surface area (Å²) in [4.78, 5) is 0.261. The third-order valence-electron chi connectivity index (χ3n) is 4.68. The van der Waals surface area contributed by atoms with Crippen LogP contribution in [0.25, 0.3) is 28.1 Å². The molecule has 0 unspecified atom stereocenters. The maximum atomic E-state index is 13.5. The van der Waals surface area contributed by atoms with Gasteiger partial charge in [-0.15, -0.1) is 0 Å². The fourth-order valence-corrected chi connectivity index (χ4v) is 4.93. The van der Waals surface area contributed by atoms with Crippen molar-refractivity contribution in [1.29, 1.82) is 0 Å². The summed E-state index contributed by atoms with van der Waals surface area (Å²) in [6, 6.07) is 24.3. The van der Waals surface area contributed by atoms with Gasteiger partial charge in [0.2, 0.25) is 0 Å². The van der Waals surface area contributed by atoms with Gasteiger partial charge in [0.05, 0.1) is 16.1 Å². The van der Waals surface area contributed by atoms with Crippen LogP contribution in [-0.4, -0.2) is 12.4 Å². The van der Waals surface area contributed by atoms with Gasteiger partial charge in [-0.2, -0.15) is 0 Å². The van der Waals surface area contributed by atoms with E-state index in [1.807, 2.05) is 73.7 Å². The van der Waals surface area contributed by atoms with Crippen LogP contribution in [0.1, 0.15) is 11.3 Å². The highest BCUT2D eigenvalue weighted by Gasteiger charge is 2.26. The SMILES string of the molecule is C=Cc1c(-c2ccccc2)c2ccccc2n1S(=O)(=O)c1ccc(C)cc1. The average Bonchev–Trinajstić information content (AvgIpc) is 3.04. The molecule has 3 nitrogen and oxygen atoms in total. The second-order valence-corrected chi connectivity index (χ2v) is 8.22. The molecule has 0 amide bonds. The summed E-state index contributed by atoms with van der Waals surface area (Å²) in [5.41, 5.74) is 4.06. The Kier molecular flexibility index (Phi) is 4.21. The Morgan fingerprint density at radius 3 is 2.15 bits per heavy atom. The van der Waals surface area contributed by atoms with E-state index in [-0.39, 0.29) is 4.90 Å². The van der Waals surface area contributed by atoms with E-state index in [0.29, 0.717) is 11.2 Å². The van der Waals surface area contributed by atoms with Crippen molar-refractivity contribution in [3.63, 3.8) is 0 Å². The number of fused-ring (bicyclic) bond motifs is 1. The molecule has 0 aliphatic rings. The summed E-state index contributed by atoms with van der Waals surface area (Å²) in [5, 5.41) is 0.884. The minimum absolute atomic E-state index is 0.261. The van der Waals surface area contributed by atoms with E-state index in [2.05, 4.69) is 6.58 Å². The Morgan fingerprint density at radius 2 is 1.48 bits per heavy atom. The van der Waals surface area contributed by atoms with Gasteiger partial charge in [-0.05, 0) is 36.8 Å². The number of hydrogen-bond acceptors (Lipinski definition) is 2. The molecule has 4 rings (SSSR count). The van der Waals surface area contributed by atoms with E-state index in [9.17, 15) is 8.42 Å². The first-order valence-corrected chi connectivity index (χ1v) is 10.1. The fraction of sp³-hybridized carbons (Fsp3) is 0.0435. The van der Waals surface area contributed by atoms with E-state index < -0.39 is 10.0 Å². The number of nitrogens with zero attached hydrogens (tertiary/aromatic N) is 1. The molecule has 4 heteroatoms. The first-order chi connectivity index (χ1) is 13.0. The van der Waals surface area contributed by atoms with Gasteiger partial charge < -0.3 is 0 Å². The van der Waals surface area contributed by atoms with E-state index in [1.165, 1.54) is 3.97 Å². The van der Waals surface area contributed by atoms with Gasteiger partial charge in [-0.1, -0.05) is 72.8 Å². The van der Waals surface area contributed by atoms with E-state index in [4.69, 9.17) is 0 Å². The Balaban J connectivity index is 2.10. The summed E-state index contributed by atoms with van der Waals surface area (Å²) in [5.74, 6) is 0. The lowest BCUT2D eigenvalue weighted by Gasteiger charge is -2.11. The Morgan fingerprint density at radius 1 is 0.852 bits per heavy atom. The van der Waals surface area contributed by atoms with Crippen LogP contribution in [0.5, 0.6) is 0 Å². The zero-order valence-corrected chi connectivity index (χ0v) is 15.8. The molecule has 0 spiro atoms. The Bertz CT molecular complexity index is 1240. The van der Waals surface area contributed by atoms with Gasteiger partial charge in [0, 0.05) is 10.9 Å². The average molecular weight is 373 g/mol. The molecule has 0 saturated heterocycles. The van der Waals surface area contributed by atoms with Crippen LogP contribution in [0, 0.1) is 6.92 Å². The highest BCUT2D eigenvalue weighted by atomic mass is 32.2. The van der Waals surface area contributed by atoms with E-state index >= 15 is 0 Å². The van der Waals surface area contributed by atoms with Crippen LogP contribution in [0.15, 0.2) is 90.3 Å². The number of benzene rings is 3. The van der Waals surface area contributed by atoms with Crippen LogP contribution < -0.4 is 0 Å². The second-order valence-electron chi connectivity index (χ2n) is 6.43. The molecule has 0 fully saturated rings. The molecule has 0 N–H and O–H groups in total. The van der Waals surface area contributed by atoms with Gasteiger partial charge in [-0.3, -0.25) is 0 Å². The lowest BCUT2D eigenvalue weighted by atomic mass is 10.0. The smallest absolute Gasteiger partial charge is 0.233 e. The number of para-hydroxylation sites is 1. The third-order valence-corrected chi connectivity index (χ3v) is 6.42. The molecular weight excluding hydrogens is 354 g/mol. The van der Waals surface area contributed by atoms with Crippen molar-refractivity contribution in [2.45, 2.75) is 11.8 Å². The maximum Gasteiger partial charge on any atom is 0.268 e. The molecule has 3 aromatic carbocycles. The largest absolute Gasteiger partial charge is 0.268 e. The van der Waals surface area contributed by atoms with Crippen molar-refractivity contribution < 1.29 is 8.42 Å². The molecule has 0 radical (unpaired) electrons. The van der Waals surface area contributed by atoms with Gasteiger partial charge in [-0.25, -0.2) is 12.4 Å². The predicted octanol–water partition coefficient (Wildman–Crippen LogP) is 5.50. The maximum absolute atomic E-state index is 13.5. The first kappa shape index (κ1) is 17.3. The van der Waals surface area contributed by atoms with Crippen molar-refractivity contribution in [3.05, 3.63) is 96.7 Å². The minimum atomic E-state index is -3.77. The van der Waals surface area contributed by atoms with Crippen molar-refractivity contribution in [2.24, 2.45) is 0 Å². The van der Waals surface area contributed by atoms with Crippen molar-refractivity contribution in [2.75, 3.05) is 0 Å². The van der Waals surface area contributed by atoms with Crippen LogP contribution in [0.3, 0.4) is 0 Å². The molecule has 134 valence electrons. The standard InChI is InChI=1S/C23H19NO2S/c1-3-21-23(18-9-5-4-6-10-18)20-11-7-8-12-22(20)24(21)27(25,26)19-15-13-17(2)14-16-19/h3-16H,1H2,2H3. The molecule has 0 atom stereocenters. The lowest BCUT2D eigenvalue weighted by molar-refractivity contribution is 0.589. The molecule has 4 aromatic rings. The van der Waals surface area contributed by atoms with Crippen LogP contribution in [-0.2, 0) is 10.0 Å². The topological polar surface area (TPSA) is 39.1 Å². The zero-order chi connectivity index (χ0) is 19.0. The Labute approximate surface area is 159 Å². The van der Waals surface area contributed by atoms with Gasteiger partial charge in [0.1, 0.15) is 0 Å². The highest BCUT2D eigenvalue weighted by molar-refractivity contribution is 7.90. The molecule has 1 aromatic heterocycles. The summed E-state index contributed by atoms with van der Waals surface area (Å²) in [6.07, 6.45) is 1.62. The first-order valence-electron chi connectivity index (χ1n) is 8.67. The molecule has 0 bridgehead atoms. The molecule has 1 heterocycles. The third kappa shape index (κ3) is 2.78. The summed E-state index contributed by atoms with van der Waals surface area (Å²) in [7, 11) is -3.77. The van der Waals surface area contributed by atoms with Crippen LogP contribution >= 0.6 is 0 Å². The van der Waals surface area contributed by atoms with Crippen molar-refractivity contribution in [1.82, 2.24) is 3.97 Å². The quantitative estimate of drug-likeness (QED) is 0.474. The number of hydrogen-bond donors (Lipinski definition) is 0. The predicted molar refractivity (Wildman–Crippen MR) is 111 cm³/mol. The van der Waals surface area contributed by atoms with Crippen molar-refractivity contribution in [3.8, 4) is 11.1 Å². The minimum Gasteiger partial charge on any atom is -0.233 e. The molecule has 0 aliphatic carbocycles. The van der Waals surface area contributed by atoms with Gasteiger partial charge in [0.15, 0.2) is 0 Å². The molecule has 0 aliphatic heterocycles. The van der Waals surface area contributed by atoms with Crippen molar-refractivity contribution >= 4 is 27.0 Å². The molecule has 27 heavy (non-hydrogen) atoms. The number of aryl methyl sites for hydroxylation is 1. The van der Waals surface area contributed by atoms with E-state index in [1.54, 1.807) is 18.2 Å². The second kappa shape index (κ2) is 6.56. The van der Waals surface area contributed by atoms with Crippen LogP contribution in [0.2, 0.25) is 0 Å². The molecular formula is C23H19NO2S. The number of aromatic nitrogens is 1. The molecule has 0 saturated carbocycles. The van der Waals surface area contributed by atoms with Gasteiger partial charge in [0.25, 0.3) is 10.0 Å². The van der Waals surface area contributed by atoms with E-state index in [0.717, 1.165) is 22.1 Å². The fourth-order valence-electron chi connectivity index (χ4n) is 3.40. The summed E-state index contributed by atoms with van der Waals surface area (Å²) >= 11 is 0. The van der Waals surface area contributed by atoms with Gasteiger partial charge >= 0.3 is 0 Å². The monoisotopic (exact) mass is 373 g/mol. The Hall–Kier alpha value is -3.11. The zero-order valence-electron chi connectivity index (χ0n) is 15.0. The normalized spacial score (nSPS) is 11.6. The van der Waals surface area contributed by atoms with Crippen LogP contribution in [0.4, 0.5) is 0 Å². The highest BCUT2D eigenvalue weighted by Crippen LogP contribution is 2.37. The lowest BCUT2D eigenvalue weighted by Crippen LogP contribution is -2.14.